The van der Waals surface area contributed by atoms with Crippen molar-refractivity contribution in [3.05, 3.63) is 42.4 Å². The lowest BCUT2D eigenvalue weighted by molar-refractivity contribution is 0.117. The van der Waals surface area contributed by atoms with Crippen LogP contribution in [-0.2, 0) is 12.6 Å². The number of aromatic nitrogens is 4. The molecule has 0 saturated heterocycles. The van der Waals surface area contributed by atoms with Gasteiger partial charge in [0.15, 0.2) is 0 Å². The van der Waals surface area contributed by atoms with Crippen molar-refractivity contribution in [1.29, 1.82) is 0 Å². The smallest absolute Gasteiger partial charge is 0.146 e. The van der Waals surface area contributed by atoms with Crippen LogP contribution in [0.4, 0.5) is 0 Å². The molecule has 0 aliphatic heterocycles. The number of aryl methyl sites for hydroxylation is 1. The van der Waals surface area contributed by atoms with Crippen LogP contribution in [0.1, 0.15) is 26.3 Å². The predicted molar refractivity (Wildman–Crippen MR) is 105 cm³/mol. The van der Waals surface area contributed by atoms with Crippen LogP contribution in [0.3, 0.4) is 0 Å². The molecule has 4 aromatic rings. The number of benzene rings is 1. The van der Waals surface area contributed by atoms with E-state index in [1.165, 1.54) is 0 Å². The quantitative estimate of drug-likeness (QED) is 0.541. The van der Waals surface area contributed by atoms with E-state index in [2.05, 4.69) is 47.3 Å². The topological polar surface area (TPSA) is 75.9 Å². The first-order valence-electron chi connectivity index (χ1n) is 8.48. The fourth-order valence-electron chi connectivity index (χ4n) is 3.27. The van der Waals surface area contributed by atoms with Gasteiger partial charge in [-0.15, -0.1) is 0 Å². The van der Waals surface area contributed by atoms with Crippen LogP contribution >= 0.6 is 11.3 Å². The van der Waals surface area contributed by atoms with Crippen molar-refractivity contribution in [2.24, 2.45) is 7.05 Å². The minimum absolute atomic E-state index is 0.353. The summed E-state index contributed by atoms with van der Waals surface area (Å²) < 4.78 is 1.98. The Morgan fingerprint density at radius 1 is 1.27 bits per heavy atom. The van der Waals surface area contributed by atoms with Gasteiger partial charge in [0.05, 0.1) is 18.0 Å². The Hall–Kier alpha value is -2.35. The molecule has 4 rings (SSSR count). The van der Waals surface area contributed by atoms with Crippen molar-refractivity contribution < 1.29 is 5.11 Å². The monoisotopic (exact) mass is 367 g/mol. The molecule has 26 heavy (non-hydrogen) atoms. The molecule has 134 valence electrons. The molecule has 0 aliphatic carbocycles. The van der Waals surface area contributed by atoms with Gasteiger partial charge in [0.25, 0.3) is 0 Å². The Kier molecular flexibility index (Phi) is 4.02. The molecule has 0 spiro atoms. The Morgan fingerprint density at radius 2 is 2.08 bits per heavy atom. The van der Waals surface area contributed by atoms with Crippen LogP contribution in [0.5, 0.6) is 0 Å². The molecule has 1 aromatic carbocycles. The highest BCUT2D eigenvalue weighted by Crippen LogP contribution is 2.34. The van der Waals surface area contributed by atoms with Crippen molar-refractivity contribution >= 4 is 32.7 Å². The number of nitrogens with one attached hydrogen (secondary N) is 1. The van der Waals surface area contributed by atoms with E-state index in [0.717, 1.165) is 37.5 Å². The van der Waals surface area contributed by atoms with Crippen molar-refractivity contribution in [1.82, 2.24) is 24.8 Å². The van der Waals surface area contributed by atoms with Gasteiger partial charge in [0, 0.05) is 18.2 Å². The maximum absolute atomic E-state index is 9.70. The second kappa shape index (κ2) is 6.12. The molecule has 0 fully saturated rings. The first-order valence-corrected chi connectivity index (χ1v) is 9.30. The number of aliphatic hydroxyl groups excluding tert-OH is 1. The summed E-state index contributed by atoms with van der Waals surface area (Å²) in [5.74, 6) is 0. The number of rotatable bonds is 4. The van der Waals surface area contributed by atoms with E-state index < -0.39 is 6.23 Å². The number of nitrogens with zero attached hydrogens (tertiary/aromatic N) is 4. The highest BCUT2D eigenvalue weighted by molar-refractivity contribution is 7.21. The van der Waals surface area contributed by atoms with E-state index in [1.807, 2.05) is 17.7 Å². The van der Waals surface area contributed by atoms with Gasteiger partial charge in [-0.3, -0.25) is 5.32 Å². The fraction of sp³-hybridized carbons (Fsp3) is 0.316. The molecule has 0 bridgehead atoms. The zero-order chi connectivity index (χ0) is 18.5. The number of hydrogen-bond acceptors (Lipinski definition) is 6. The van der Waals surface area contributed by atoms with E-state index in [0.29, 0.717) is 0 Å². The standard InChI is InChI=1S/C19H21N5OS/c1-11(25)23-19(2,3)13-7-5-6-12(8-13)17-22-15-16-14(21-10-24(16)4)9-20-18(15)26-17/h5-11,23,25H,1-4H3. The molecule has 0 amide bonds. The third-order valence-corrected chi connectivity index (χ3v) is 5.52. The van der Waals surface area contributed by atoms with Crippen LogP contribution in [0, 0.1) is 0 Å². The van der Waals surface area contributed by atoms with Gasteiger partial charge in [-0.25, -0.2) is 15.0 Å². The number of pyridine rings is 1. The minimum atomic E-state index is -0.585. The summed E-state index contributed by atoms with van der Waals surface area (Å²) in [5, 5.41) is 13.8. The molecule has 0 saturated carbocycles. The van der Waals surface area contributed by atoms with Crippen LogP contribution in [0.15, 0.2) is 36.8 Å². The number of fused-ring (bicyclic) bond motifs is 3. The van der Waals surface area contributed by atoms with E-state index >= 15 is 0 Å². The fourth-order valence-corrected chi connectivity index (χ4v) is 4.18. The van der Waals surface area contributed by atoms with Crippen LogP contribution < -0.4 is 5.32 Å². The lowest BCUT2D eigenvalue weighted by Crippen LogP contribution is -2.42. The zero-order valence-corrected chi connectivity index (χ0v) is 16.0. The van der Waals surface area contributed by atoms with Gasteiger partial charge in [-0.05, 0) is 32.4 Å². The lowest BCUT2D eigenvalue weighted by atomic mass is 9.92. The molecule has 0 radical (unpaired) electrons. The Balaban J connectivity index is 1.82. The molecule has 0 aliphatic rings. The summed E-state index contributed by atoms with van der Waals surface area (Å²) in [6, 6.07) is 8.26. The molecule has 3 heterocycles. The lowest BCUT2D eigenvalue weighted by Gasteiger charge is -2.29. The maximum atomic E-state index is 9.70. The molecule has 6 nitrogen and oxygen atoms in total. The Labute approximate surface area is 155 Å². The SMILES string of the molecule is CC(O)NC(C)(C)c1cccc(-c2nc3c(ncc4ncn(C)c43)s2)c1. The number of aliphatic hydroxyl groups is 1. The van der Waals surface area contributed by atoms with Crippen LogP contribution in [-0.4, -0.2) is 30.9 Å². The molecular formula is C19H21N5OS. The van der Waals surface area contributed by atoms with Crippen LogP contribution in [0.25, 0.3) is 32.0 Å². The van der Waals surface area contributed by atoms with Gasteiger partial charge >= 0.3 is 0 Å². The summed E-state index contributed by atoms with van der Waals surface area (Å²) >= 11 is 1.58. The van der Waals surface area contributed by atoms with Crippen LogP contribution in [0.2, 0.25) is 0 Å². The first kappa shape index (κ1) is 17.1. The van der Waals surface area contributed by atoms with Crippen molar-refractivity contribution in [2.45, 2.75) is 32.5 Å². The third-order valence-electron chi connectivity index (χ3n) is 4.50. The van der Waals surface area contributed by atoms with Crippen molar-refractivity contribution in [2.75, 3.05) is 0 Å². The summed E-state index contributed by atoms with van der Waals surface area (Å²) in [6.45, 7) is 5.83. The summed E-state index contributed by atoms with van der Waals surface area (Å²) in [5.41, 5.74) is 4.52. The van der Waals surface area contributed by atoms with E-state index in [-0.39, 0.29) is 5.54 Å². The van der Waals surface area contributed by atoms with E-state index in [1.54, 1.807) is 30.8 Å². The number of thiazole rings is 1. The number of hydrogen-bond donors (Lipinski definition) is 2. The third kappa shape index (κ3) is 2.88. The summed E-state index contributed by atoms with van der Waals surface area (Å²) in [4.78, 5) is 14.6. The van der Waals surface area contributed by atoms with Crippen molar-refractivity contribution in [3.8, 4) is 10.6 Å². The van der Waals surface area contributed by atoms with E-state index in [9.17, 15) is 5.11 Å². The zero-order valence-electron chi connectivity index (χ0n) is 15.2. The Morgan fingerprint density at radius 3 is 2.85 bits per heavy atom. The van der Waals surface area contributed by atoms with Gasteiger partial charge < -0.3 is 9.67 Å². The predicted octanol–water partition coefficient (Wildman–Crippen LogP) is 3.41. The minimum Gasteiger partial charge on any atom is -0.379 e. The largest absolute Gasteiger partial charge is 0.379 e. The summed E-state index contributed by atoms with van der Waals surface area (Å²) in [6.07, 6.45) is 3.00. The molecule has 3 aromatic heterocycles. The highest BCUT2D eigenvalue weighted by Gasteiger charge is 2.22. The average molecular weight is 367 g/mol. The van der Waals surface area contributed by atoms with Gasteiger partial charge in [0.1, 0.15) is 27.1 Å². The molecular weight excluding hydrogens is 346 g/mol. The van der Waals surface area contributed by atoms with Gasteiger partial charge in [0.2, 0.25) is 0 Å². The summed E-state index contributed by atoms with van der Waals surface area (Å²) in [7, 11) is 1.97. The maximum Gasteiger partial charge on any atom is 0.146 e. The second-order valence-electron chi connectivity index (χ2n) is 7.05. The second-order valence-corrected chi connectivity index (χ2v) is 8.02. The molecule has 2 N–H and O–H groups in total. The normalized spacial score (nSPS) is 13.6. The Bertz CT molecular complexity index is 1100. The van der Waals surface area contributed by atoms with E-state index in [4.69, 9.17) is 4.98 Å². The highest BCUT2D eigenvalue weighted by atomic mass is 32.1. The van der Waals surface area contributed by atoms with Crippen molar-refractivity contribution in [3.63, 3.8) is 0 Å². The molecule has 1 unspecified atom stereocenters. The average Bonchev–Trinajstić information content (AvgIpc) is 3.17. The van der Waals surface area contributed by atoms with Gasteiger partial charge in [-0.2, -0.15) is 0 Å². The molecule has 7 heteroatoms. The number of imidazole rings is 1. The van der Waals surface area contributed by atoms with Gasteiger partial charge in [-0.1, -0.05) is 29.5 Å². The first-order chi connectivity index (χ1) is 12.3. The molecule has 1 atom stereocenters.